The Kier molecular flexibility index (Phi) is 0.804. The van der Waals surface area contributed by atoms with Crippen LogP contribution in [0.4, 0.5) is 0 Å². The fraction of sp³-hybridized carbons (Fsp3) is 1.00. The van der Waals surface area contributed by atoms with Crippen LogP contribution in [0.1, 0.15) is 6.92 Å². The lowest BCUT2D eigenvalue weighted by atomic mass is 10.6. The summed E-state index contributed by atoms with van der Waals surface area (Å²) in [7, 11) is 0. The summed E-state index contributed by atoms with van der Waals surface area (Å²) < 4.78 is 3.79. The molecular weight excluding hydrogens is 123 g/mol. The molecule has 0 bridgehead atoms. The van der Waals surface area contributed by atoms with Crippen molar-refractivity contribution in [2.45, 2.75) is 17.5 Å². The van der Waals surface area contributed by atoms with Gasteiger partial charge in [0, 0.05) is 0 Å². The molecule has 1 saturated heterocycles. The molecule has 0 aromatic rings. The Morgan fingerprint density at radius 2 is 1.83 bits per heavy atom. The van der Waals surface area contributed by atoms with Gasteiger partial charge in [0.1, 0.15) is 6.10 Å². The highest BCUT2D eigenvalue weighted by atomic mass is 35.5. The zero-order valence-corrected chi connectivity index (χ0v) is 4.75. The minimum absolute atomic E-state index is 0.0285. The van der Waals surface area contributed by atoms with Crippen molar-refractivity contribution >= 4 is 23.2 Å². The molecule has 0 aromatic heterocycles. The quantitative estimate of drug-likeness (QED) is 0.355. The predicted octanol–water partition coefficient (Wildman–Crippen LogP) is 1.54. The summed E-state index contributed by atoms with van der Waals surface area (Å²) in [5.74, 6) is 0. The molecule has 1 aliphatic rings. The van der Waals surface area contributed by atoms with E-state index >= 15 is 0 Å². The summed E-state index contributed by atoms with van der Waals surface area (Å²) in [6.07, 6.45) is 0.0285. The molecule has 3 heteroatoms. The Balaban J connectivity index is 2.41. The van der Waals surface area contributed by atoms with Gasteiger partial charge in [-0.15, -0.1) is 0 Å². The second-order valence-electron chi connectivity index (χ2n) is 1.32. The van der Waals surface area contributed by atoms with Gasteiger partial charge in [0.15, 0.2) is 0 Å². The first-order valence-corrected chi connectivity index (χ1v) is 2.44. The summed E-state index contributed by atoms with van der Waals surface area (Å²) in [4.78, 5) is 0. The first-order valence-electron chi connectivity index (χ1n) is 1.68. The molecule has 6 heavy (non-hydrogen) atoms. The van der Waals surface area contributed by atoms with E-state index in [2.05, 4.69) is 4.74 Å². The molecule has 1 aliphatic heterocycles. The molecule has 1 atom stereocenters. The minimum atomic E-state index is -0.847. The minimum Gasteiger partial charge on any atom is -0.336 e. The normalized spacial score (nSPS) is 39.5. The highest BCUT2D eigenvalue weighted by Crippen LogP contribution is 2.43. The number of ether oxygens (including phenoxy) is 1. The summed E-state index contributed by atoms with van der Waals surface area (Å²) in [5.41, 5.74) is 0. The van der Waals surface area contributed by atoms with Crippen molar-refractivity contribution in [1.82, 2.24) is 0 Å². The number of rotatable bonds is 0. The van der Waals surface area contributed by atoms with Gasteiger partial charge in [-0.05, 0) is 6.92 Å². The molecule has 0 amide bonds. The van der Waals surface area contributed by atoms with E-state index < -0.39 is 4.52 Å². The first kappa shape index (κ1) is 4.69. The van der Waals surface area contributed by atoms with E-state index in [-0.39, 0.29) is 6.10 Å². The second-order valence-corrected chi connectivity index (χ2v) is 2.64. The molecule has 0 radical (unpaired) electrons. The number of alkyl halides is 2. The molecule has 0 aromatic carbocycles. The predicted molar refractivity (Wildman–Crippen MR) is 25.0 cm³/mol. The van der Waals surface area contributed by atoms with Crippen molar-refractivity contribution in [3.05, 3.63) is 0 Å². The summed E-state index contributed by atoms with van der Waals surface area (Å²) in [5, 5.41) is 0. The van der Waals surface area contributed by atoms with Gasteiger partial charge in [-0.3, -0.25) is 0 Å². The number of hydrogen-bond acceptors (Lipinski definition) is 1. The van der Waals surface area contributed by atoms with Gasteiger partial charge in [-0.25, -0.2) is 0 Å². The maximum atomic E-state index is 5.33. The van der Waals surface area contributed by atoms with Gasteiger partial charge < -0.3 is 4.74 Å². The van der Waals surface area contributed by atoms with E-state index in [9.17, 15) is 0 Å². The van der Waals surface area contributed by atoms with Crippen LogP contribution in [-0.2, 0) is 4.74 Å². The van der Waals surface area contributed by atoms with Crippen LogP contribution in [0.3, 0.4) is 0 Å². The van der Waals surface area contributed by atoms with Crippen LogP contribution in [0, 0.1) is 0 Å². The molecular formula is C3H4Cl2O. The lowest BCUT2D eigenvalue weighted by Crippen LogP contribution is -1.87. The van der Waals surface area contributed by atoms with Crippen LogP contribution in [0.25, 0.3) is 0 Å². The van der Waals surface area contributed by atoms with Gasteiger partial charge >= 0.3 is 0 Å². The number of epoxide rings is 1. The SMILES string of the molecule is C[C@@H]1OC1(Cl)Cl. The van der Waals surface area contributed by atoms with E-state index in [0.29, 0.717) is 0 Å². The molecule has 0 unspecified atom stereocenters. The van der Waals surface area contributed by atoms with Crippen molar-refractivity contribution in [1.29, 1.82) is 0 Å². The largest absolute Gasteiger partial charge is 0.336 e. The zero-order chi connectivity index (χ0) is 4.78. The van der Waals surface area contributed by atoms with Crippen LogP contribution in [0.15, 0.2) is 0 Å². The lowest BCUT2D eigenvalue weighted by Gasteiger charge is -1.77. The van der Waals surface area contributed by atoms with Crippen LogP contribution < -0.4 is 0 Å². The van der Waals surface area contributed by atoms with Crippen LogP contribution in [-0.4, -0.2) is 10.6 Å². The van der Waals surface area contributed by atoms with Gasteiger partial charge in [-0.2, -0.15) is 0 Å². The molecule has 1 rings (SSSR count). The summed E-state index contributed by atoms with van der Waals surface area (Å²) in [6, 6.07) is 0. The van der Waals surface area contributed by atoms with E-state index in [0.717, 1.165) is 0 Å². The van der Waals surface area contributed by atoms with E-state index in [4.69, 9.17) is 23.2 Å². The van der Waals surface area contributed by atoms with Crippen molar-refractivity contribution < 1.29 is 4.74 Å². The summed E-state index contributed by atoms with van der Waals surface area (Å²) in [6.45, 7) is 1.82. The van der Waals surface area contributed by atoms with Crippen molar-refractivity contribution in [3.63, 3.8) is 0 Å². The summed E-state index contributed by atoms with van der Waals surface area (Å²) >= 11 is 10.7. The van der Waals surface area contributed by atoms with E-state index in [1.807, 2.05) is 6.92 Å². The Morgan fingerprint density at radius 3 is 1.83 bits per heavy atom. The third kappa shape index (κ3) is 0.625. The molecule has 0 saturated carbocycles. The van der Waals surface area contributed by atoms with Gasteiger partial charge in [0.25, 0.3) is 0 Å². The topological polar surface area (TPSA) is 12.5 Å². The molecule has 1 heterocycles. The van der Waals surface area contributed by atoms with Gasteiger partial charge in [-0.1, -0.05) is 23.2 Å². The van der Waals surface area contributed by atoms with Gasteiger partial charge in [0.2, 0.25) is 4.52 Å². The van der Waals surface area contributed by atoms with Crippen molar-refractivity contribution in [2.24, 2.45) is 0 Å². The second kappa shape index (κ2) is 1.03. The van der Waals surface area contributed by atoms with Crippen LogP contribution in [0.5, 0.6) is 0 Å². The highest BCUT2D eigenvalue weighted by molar-refractivity contribution is 6.49. The monoisotopic (exact) mass is 126 g/mol. The Bertz CT molecular complexity index is 71.2. The average molecular weight is 127 g/mol. The first-order chi connectivity index (χ1) is 2.63. The molecule has 0 N–H and O–H groups in total. The average Bonchev–Trinajstić information content (AvgIpc) is 1.73. The maximum absolute atomic E-state index is 5.33. The molecule has 1 fully saturated rings. The van der Waals surface area contributed by atoms with Crippen LogP contribution >= 0.6 is 23.2 Å². The van der Waals surface area contributed by atoms with Gasteiger partial charge in [0.05, 0.1) is 0 Å². The van der Waals surface area contributed by atoms with E-state index in [1.165, 1.54) is 0 Å². The van der Waals surface area contributed by atoms with Crippen molar-refractivity contribution in [2.75, 3.05) is 0 Å². The van der Waals surface area contributed by atoms with Crippen molar-refractivity contribution in [3.8, 4) is 0 Å². The fourth-order valence-corrected chi connectivity index (χ4v) is 0.469. The number of halogens is 2. The molecule has 0 spiro atoms. The third-order valence-electron chi connectivity index (χ3n) is 0.750. The van der Waals surface area contributed by atoms with E-state index in [1.54, 1.807) is 0 Å². The Morgan fingerprint density at radius 1 is 1.67 bits per heavy atom. The molecule has 1 nitrogen and oxygen atoms in total. The standard InChI is InChI=1S/C3H4Cl2O/c1-2-3(4,5)6-2/h2H,1H3/t2-/m0/s1. The third-order valence-corrected chi connectivity index (χ3v) is 1.54. The molecule has 36 valence electrons. The molecule has 0 aliphatic carbocycles. The maximum Gasteiger partial charge on any atom is 0.244 e. The lowest BCUT2D eigenvalue weighted by molar-refractivity contribution is 0.398. The number of hydrogen-bond donors (Lipinski definition) is 0. The van der Waals surface area contributed by atoms with Crippen LogP contribution in [0.2, 0.25) is 0 Å². The fourth-order valence-electron chi connectivity index (χ4n) is 0.202. The highest BCUT2D eigenvalue weighted by Gasteiger charge is 2.50. The zero-order valence-electron chi connectivity index (χ0n) is 3.24. The smallest absolute Gasteiger partial charge is 0.244 e. The Hall–Kier alpha value is 0.540. The Labute approximate surface area is 46.2 Å².